The summed E-state index contributed by atoms with van der Waals surface area (Å²) in [4.78, 5) is 16.4. The van der Waals surface area contributed by atoms with Crippen molar-refractivity contribution in [3.8, 4) is 0 Å². The molecule has 7 nitrogen and oxygen atoms in total. The molecular weight excluding hydrogens is 316 g/mol. The third kappa shape index (κ3) is 5.31. The van der Waals surface area contributed by atoms with Gasteiger partial charge in [-0.1, -0.05) is 6.07 Å². The van der Waals surface area contributed by atoms with Crippen LogP contribution in [0.15, 0.2) is 29.4 Å². The van der Waals surface area contributed by atoms with Crippen molar-refractivity contribution in [2.75, 3.05) is 77.0 Å². The van der Waals surface area contributed by atoms with Gasteiger partial charge in [-0.05, 0) is 19.1 Å². The highest BCUT2D eigenvalue weighted by atomic mass is 16.5. The van der Waals surface area contributed by atoms with E-state index in [4.69, 9.17) is 9.73 Å². The Morgan fingerprint density at radius 2 is 1.96 bits per heavy atom. The number of nitrogens with zero attached hydrogens (tertiary/aromatic N) is 5. The van der Waals surface area contributed by atoms with Crippen LogP contribution in [0.25, 0.3) is 0 Å². The molecule has 0 radical (unpaired) electrons. The van der Waals surface area contributed by atoms with E-state index in [9.17, 15) is 0 Å². The zero-order valence-electron chi connectivity index (χ0n) is 15.2. The van der Waals surface area contributed by atoms with Crippen LogP contribution in [0, 0.1) is 0 Å². The van der Waals surface area contributed by atoms with Crippen molar-refractivity contribution in [3.05, 3.63) is 24.4 Å². The highest BCUT2D eigenvalue weighted by molar-refractivity contribution is 5.80. The van der Waals surface area contributed by atoms with E-state index in [0.29, 0.717) is 0 Å². The van der Waals surface area contributed by atoms with Crippen LogP contribution in [-0.4, -0.2) is 92.9 Å². The minimum Gasteiger partial charge on any atom is -0.379 e. The Labute approximate surface area is 150 Å². The van der Waals surface area contributed by atoms with Crippen molar-refractivity contribution in [1.29, 1.82) is 0 Å². The second-order valence-corrected chi connectivity index (χ2v) is 6.35. The average molecular weight is 346 g/mol. The first-order valence-electron chi connectivity index (χ1n) is 9.36. The molecule has 3 heterocycles. The smallest absolute Gasteiger partial charge is 0.194 e. The van der Waals surface area contributed by atoms with E-state index in [1.807, 2.05) is 18.3 Å². The third-order valence-electron chi connectivity index (χ3n) is 4.67. The van der Waals surface area contributed by atoms with Gasteiger partial charge in [-0.25, -0.2) is 4.98 Å². The molecule has 0 aliphatic carbocycles. The largest absolute Gasteiger partial charge is 0.379 e. The molecule has 0 atom stereocenters. The molecule has 138 valence electrons. The lowest BCUT2D eigenvalue weighted by molar-refractivity contribution is 0.0394. The van der Waals surface area contributed by atoms with Crippen LogP contribution in [-0.2, 0) is 4.74 Å². The monoisotopic (exact) mass is 346 g/mol. The number of guanidine groups is 1. The van der Waals surface area contributed by atoms with Gasteiger partial charge in [0.1, 0.15) is 5.82 Å². The Kier molecular flexibility index (Phi) is 6.88. The first-order chi connectivity index (χ1) is 12.4. The first kappa shape index (κ1) is 17.9. The summed E-state index contributed by atoms with van der Waals surface area (Å²) in [6.07, 6.45) is 1.86. The molecule has 3 rings (SSSR count). The predicted octanol–water partition coefficient (Wildman–Crippen LogP) is 0.501. The van der Waals surface area contributed by atoms with Crippen molar-refractivity contribution in [2.24, 2.45) is 4.99 Å². The molecule has 1 N–H and O–H groups in total. The first-order valence-corrected chi connectivity index (χ1v) is 9.36. The topological polar surface area (TPSA) is 56.2 Å². The normalized spacial score (nSPS) is 20.0. The average Bonchev–Trinajstić information content (AvgIpc) is 2.69. The maximum atomic E-state index is 5.40. The lowest BCUT2D eigenvalue weighted by atomic mass is 10.3. The fraction of sp³-hybridized carbons (Fsp3) is 0.667. The van der Waals surface area contributed by atoms with Gasteiger partial charge in [-0.2, -0.15) is 0 Å². The molecule has 1 aromatic heterocycles. The predicted molar refractivity (Wildman–Crippen MR) is 101 cm³/mol. The Morgan fingerprint density at radius 3 is 2.64 bits per heavy atom. The molecule has 0 unspecified atom stereocenters. The highest BCUT2D eigenvalue weighted by Crippen LogP contribution is 2.12. The van der Waals surface area contributed by atoms with Gasteiger partial charge < -0.3 is 19.9 Å². The van der Waals surface area contributed by atoms with Crippen molar-refractivity contribution in [1.82, 2.24) is 20.1 Å². The summed E-state index contributed by atoms with van der Waals surface area (Å²) in [5, 5.41) is 3.44. The van der Waals surface area contributed by atoms with E-state index in [1.165, 1.54) is 0 Å². The van der Waals surface area contributed by atoms with Crippen LogP contribution in [0.4, 0.5) is 5.82 Å². The summed E-state index contributed by atoms with van der Waals surface area (Å²) >= 11 is 0. The molecule has 2 fully saturated rings. The molecule has 0 bridgehead atoms. The summed E-state index contributed by atoms with van der Waals surface area (Å²) in [5.74, 6) is 2.10. The van der Waals surface area contributed by atoms with E-state index in [-0.39, 0.29) is 0 Å². The quantitative estimate of drug-likeness (QED) is 0.619. The molecule has 2 aliphatic rings. The van der Waals surface area contributed by atoms with Crippen LogP contribution < -0.4 is 10.2 Å². The Morgan fingerprint density at radius 1 is 1.16 bits per heavy atom. The van der Waals surface area contributed by atoms with Gasteiger partial charge >= 0.3 is 0 Å². The number of hydrogen-bond acceptors (Lipinski definition) is 5. The summed E-state index contributed by atoms with van der Waals surface area (Å²) in [7, 11) is 0. The number of nitrogens with one attached hydrogen (secondary N) is 1. The molecule has 0 saturated carbocycles. The van der Waals surface area contributed by atoms with Crippen molar-refractivity contribution >= 4 is 11.8 Å². The van der Waals surface area contributed by atoms with E-state index in [1.54, 1.807) is 0 Å². The summed E-state index contributed by atoms with van der Waals surface area (Å²) in [5.41, 5.74) is 0. The number of piperazine rings is 1. The van der Waals surface area contributed by atoms with Gasteiger partial charge in [0, 0.05) is 58.6 Å². The van der Waals surface area contributed by atoms with Crippen molar-refractivity contribution < 1.29 is 4.74 Å². The molecule has 25 heavy (non-hydrogen) atoms. The van der Waals surface area contributed by atoms with Crippen LogP contribution >= 0.6 is 0 Å². The molecular formula is C18H30N6O. The van der Waals surface area contributed by atoms with Gasteiger partial charge in [0.15, 0.2) is 5.96 Å². The summed E-state index contributed by atoms with van der Waals surface area (Å²) < 4.78 is 5.40. The van der Waals surface area contributed by atoms with Gasteiger partial charge in [-0.3, -0.25) is 9.89 Å². The number of aromatic nitrogens is 1. The number of aliphatic imine (C=N–C) groups is 1. The number of hydrogen-bond donors (Lipinski definition) is 1. The van der Waals surface area contributed by atoms with Crippen molar-refractivity contribution in [2.45, 2.75) is 6.92 Å². The fourth-order valence-corrected chi connectivity index (χ4v) is 3.24. The second kappa shape index (κ2) is 9.58. The Hall–Kier alpha value is -1.86. The molecule has 0 aromatic carbocycles. The second-order valence-electron chi connectivity index (χ2n) is 6.35. The van der Waals surface area contributed by atoms with Crippen molar-refractivity contribution in [3.63, 3.8) is 0 Å². The molecule has 0 amide bonds. The van der Waals surface area contributed by atoms with Crippen LogP contribution in [0.2, 0.25) is 0 Å². The molecule has 1 aromatic rings. The maximum absolute atomic E-state index is 5.40. The standard InChI is InChI=1S/C18H30N6O/c1-2-19-18(21-7-8-22-13-15-25-16-14-22)24-11-9-23(10-12-24)17-5-3-4-6-20-17/h3-6H,2,7-16H2,1H3,(H,19,21). The fourth-order valence-electron chi connectivity index (χ4n) is 3.24. The molecule has 0 spiro atoms. The highest BCUT2D eigenvalue weighted by Gasteiger charge is 2.20. The number of ether oxygens (including phenoxy) is 1. The van der Waals surface area contributed by atoms with Gasteiger partial charge in [0.05, 0.1) is 19.8 Å². The van der Waals surface area contributed by atoms with Crippen LogP contribution in [0.1, 0.15) is 6.92 Å². The number of pyridine rings is 1. The van der Waals surface area contributed by atoms with E-state index < -0.39 is 0 Å². The SMILES string of the molecule is CCNC(=NCCN1CCOCC1)N1CCN(c2ccccn2)CC1. The number of rotatable bonds is 5. The van der Waals surface area contributed by atoms with E-state index in [0.717, 1.165) is 83.9 Å². The minimum atomic E-state index is 0.836. The maximum Gasteiger partial charge on any atom is 0.194 e. The van der Waals surface area contributed by atoms with Gasteiger partial charge in [0.2, 0.25) is 0 Å². The zero-order valence-corrected chi connectivity index (χ0v) is 15.2. The Balaban J connectivity index is 1.49. The summed E-state index contributed by atoms with van der Waals surface area (Å²) in [6, 6.07) is 6.09. The van der Waals surface area contributed by atoms with Crippen LogP contribution in [0.5, 0.6) is 0 Å². The van der Waals surface area contributed by atoms with Gasteiger partial charge in [-0.15, -0.1) is 0 Å². The van der Waals surface area contributed by atoms with Gasteiger partial charge in [0.25, 0.3) is 0 Å². The van der Waals surface area contributed by atoms with E-state index >= 15 is 0 Å². The lowest BCUT2D eigenvalue weighted by Crippen LogP contribution is -2.53. The Bertz CT molecular complexity index is 524. The van der Waals surface area contributed by atoms with E-state index in [2.05, 4.69) is 38.0 Å². The third-order valence-corrected chi connectivity index (χ3v) is 4.67. The van der Waals surface area contributed by atoms with Crippen LogP contribution in [0.3, 0.4) is 0 Å². The molecule has 2 aliphatic heterocycles. The lowest BCUT2D eigenvalue weighted by Gasteiger charge is -2.37. The minimum absolute atomic E-state index is 0.836. The molecule has 2 saturated heterocycles. The zero-order chi connectivity index (χ0) is 17.3. The summed E-state index contributed by atoms with van der Waals surface area (Å²) in [6.45, 7) is 12.5. The molecule has 7 heteroatoms. The number of morpholine rings is 1. The number of anilines is 1.